The van der Waals surface area contributed by atoms with Crippen LogP contribution < -0.4 is 4.90 Å². The Labute approximate surface area is 114 Å². The molecule has 2 N–H and O–H groups in total. The first kappa shape index (κ1) is 15.4. The summed E-state index contributed by atoms with van der Waals surface area (Å²) in [5.41, 5.74) is -2.03. The van der Waals surface area contributed by atoms with Gasteiger partial charge >= 0.3 is 11.9 Å². The minimum Gasteiger partial charge on any atom is -0.481 e. The van der Waals surface area contributed by atoms with Crippen molar-refractivity contribution in [2.45, 2.75) is 18.9 Å². The molecule has 8 nitrogen and oxygen atoms in total. The molecule has 0 bridgehead atoms. The Balaban J connectivity index is 3.33. The van der Waals surface area contributed by atoms with Crippen molar-refractivity contribution in [1.82, 2.24) is 0 Å². The number of nitrogens with zero attached hydrogens (tertiary/aromatic N) is 2. The second-order valence-electron chi connectivity index (χ2n) is 4.45. The highest BCUT2D eigenvalue weighted by molar-refractivity contribution is 5.89. The third-order valence-corrected chi connectivity index (χ3v) is 3.14. The fourth-order valence-corrected chi connectivity index (χ4v) is 1.80. The molecule has 0 amide bonds. The van der Waals surface area contributed by atoms with Crippen molar-refractivity contribution in [1.29, 1.82) is 0 Å². The first-order valence-corrected chi connectivity index (χ1v) is 5.62. The summed E-state index contributed by atoms with van der Waals surface area (Å²) < 4.78 is 0. The van der Waals surface area contributed by atoms with Crippen LogP contribution in [0, 0.1) is 10.1 Å². The second-order valence-corrected chi connectivity index (χ2v) is 4.45. The monoisotopic (exact) mass is 282 g/mol. The van der Waals surface area contributed by atoms with E-state index in [-0.39, 0.29) is 11.4 Å². The molecule has 0 spiro atoms. The van der Waals surface area contributed by atoms with Gasteiger partial charge < -0.3 is 15.1 Å². The maximum absolute atomic E-state index is 11.4. The van der Waals surface area contributed by atoms with Crippen molar-refractivity contribution < 1.29 is 24.7 Å². The Kier molecular flexibility index (Phi) is 4.28. The highest BCUT2D eigenvalue weighted by Crippen LogP contribution is 2.33. The summed E-state index contributed by atoms with van der Waals surface area (Å²) >= 11 is 0. The summed E-state index contributed by atoms with van der Waals surface area (Å²) in [5.74, 6) is -2.68. The minimum absolute atomic E-state index is 0.0450. The smallest absolute Gasteiger partial charge is 0.329 e. The zero-order valence-electron chi connectivity index (χ0n) is 10.9. The van der Waals surface area contributed by atoms with Crippen molar-refractivity contribution in [3.63, 3.8) is 0 Å². The van der Waals surface area contributed by atoms with E-state index >= 15 is 0 Å². The Bertz CT molecular complexity index is 559. The molecule has 0 heterocycles. The lowest BCUT2D eigenvalue weighted by atomic mass is 9.95. The standard InChI is InChI=1S/C12H14N2O6/c1-12(11(17)18,7-10(15)16)13(2)8-5-3-4-6-9(8)14(19)20/h3-6H,7H2,1-2H3,(H,15,16)(H,17,18)/t12-/m0/s1. The van der Waals surface area contributed by atoms with Crippen molar-refractivity contribution in [3.8, 4) is 0 Å². The summed E-state index contributed by atoms with van der Waals surface area (Å²) in [6.07, 6.45) is -0.690. The van der Waals surface area contributed by atoms with Crippen LogP contribution in [0.1, 0.15) is 13.3 Å². The first-order chi connectivity index (χ1) is 9.20. The molecule has 1 aromatic rings. The molecular formula is C12H14N2O6. The normalized spacial score (nSPS) is 13.3. The number of benzene rings is 1. The molecule has 1 aromatic carbocycles. The van der Waals surface area contributed by atoms with Crippen molar-refractivity contribution >= 4 is 23.3 Å². The zero-order chi connectivity index (χ0) is 15.5. The Hall–Kier alpha value is -2.64. The maximum atomic E-state index is 11.4. The fraction of sp³-hybridized carbons (Fsp3) is 0.333. The van der Waals surface area contributed by atoms with Crippen LogP contribution in [-0.4, -0.2) is 39.7 Å². The highest BCUT2D eigenvalue weighted by Gasteiger charge is 2.42. The molecule has 0 aliphatic rings. The molecular weight excluding hydrogens is 268 g/mol. The molecule has 0 saturated heterocycles. The average molecular weight is 282 g/mol. The Morgan fingerprint density at radius 1 is 1.35 bits per heavy atom. The number of carbonyl (C=O) groups is 2. The van der Waals surface area contributed by atoms with Gasteiger partial charge in [-0.1, -0.05) is 12.1 Å². The third-order valence-electron chi connectivity index (χ3n) is 3.14. The number of hydrogen-bond donors (Lipinski definition) is 2. The summed E-state index contributed by atoms with van der Waals surface area (Å²) in [7, 11) is 1.32. The number of aliphatic carboxylic acids is 2. The third kappa shape index (κ3) is 2.85. The number of rotatable bonds is 6. The molecule has 0 aliphatic carbocycles. The van der Waals surface area contributed by atoms with Crippen LogP contribution in [0.3, 0.4) is 0 Å². The number of hydrogen-bond acceptors (Lipinski definition) is 5. The second kappa shape index (κ2) is 5.55. The van der Waals surface area contributed by atoms with E-state index in [2.05, 4.69) is 0 Å². The molecule has 1 rings (SSSR count). The highest BCUT2D eigenvalue weighted by atomic mass is 16.6. The van der Waals surface area contributed by atoms with Crippen LogP contribution in [0.25, 0.3) is 0 Å². The van der Waals surface area contributed by atoms with Gasteiger partial charge in [-0.3, -0.25) is 14.9 Å². The maximum Gasteiger partial charge on any atom is 0.329 e. The van der Waals surface area contributed by atoms with Crippen LogP contribution in [0.4, 0.5) is 11.4 Å². The molecule has 20 heavy (non-hydrogen) atoms. The molecule has 8 heteroatoms. The summed E-state index contributed by atoms with van der Waals surface area (Å²) in [5, 5.41) is 29.1. The van der Waals surface area contributed by atoms with Gasteiger partial charge in [-0.2, -0.15) is 0 Å². The summed E-state index contributed by atoms with van der Waals surface area (Å²) in [6.45, 7) is 1.21. The van der Waals surface area contributed by atoms with E-state index in [1.807, 2.05) is 0 Å². The van der Waals surface area contributed by atoms with Gasteiger partial charge in [0, 0.05) is 13.1 Å². The number of nitro benzene ring substituents is 1. The predicted molar refractivity (Wildman–Crippen MR) is 69.8 cm³/mol. The van der Waals surface area contributed by atoms with Crippen molar-refractivity contribution in [2.24, 2.45) is 0 Å². The predicted octanol–water partition coefficient (Wildman–Crippen LogP) is 1.35. The Morgan fingerprint density at radius 3 is 2.35 bits per heavy atom. The quantitative estimate of drug-likeness (QED) is 0.596. The largest absolute Gasteiger partial charge is 0.481 e. The number of carboxylic acid groups (broad SMARTS) is 2. The SMILES string of the molecule is CN(c1ccccc1[N+](=O)[O-])[C@@](C)(CC(=O)O)C(=O)O. The van der Waals surface area contributed by atoms with Crippen LogP contribution in [-0.2, 0) is 9.59 Å². The van der Waals surface area contributed by atoms with E-state index in [4.69, 9.17) is 5.11 Å². The van der Waals surface area contributed by atoms with Crippen LogP contribution in [0.5, 0.6) is 0 Å². The lowest BCUT2D eigenvalue weighted by Crippen LogP contribution is -2.52. The number of likely N-dealkylation sites (N-methyl/N-ethyl adjacent to an activating group) is 1. The summed E-state index contributed by atoms with van der Waals surface area (Å²) in [4.78, 5) is 33.6. The van der Waals surface area contributed by atoms with Gasteiger partial charge in [0.25, 0.3) is 5.69 Å². The van der Waals surface area contributed by atoms with Crippen LogP contribution in [0.2, 0.25) is 0 Å². The minimum atomic E-state index is -1.79. The van der Waals surface area contributed by atoms with Gasteiger partial charge in [0.1, 0.15) is 11.2 Å². The number of anilines is 1. The topological polar surface area (TPSA) is 121 Å². The molecule has 0 unspecified atom stereocenters. The molecule has 0 fully saturated rings. The molecule has 0 aliphatic heterocycles. The Morgan fingerprint density at radius 2 is 1.90 bits per heavy atom. The van der Waals surface area contributed by atoms with Gasteiger partial charge in [-0.05, 0) is 13.0 Å². The first-order valence-electron chi connectivity index (χ1n) is 5.62. The number of carboxylic acids is 2. The van der Waals surface area contributed by atoms with E-state index in [9.17, 15) is 24.8 Å². The van der Waals surface area contributed by atoms with E-state index in [1.54, 1.807) is 0 Å². The molecule has 0 radical (unpaired) electrons. The van der Waals surface area contributed by atoms with E-state index in [0.29, 0.717) is 0 Å². The van der Waals surface area contributed by atoms with Crippen LogP contribution in [0.15, 0.2) is 24.3 Å². The molecule has 0 aromatic heterocycles. The molecule has 0 saturated carbocycles. The van der Waals surface area contributed by atoms with Gasteiger partial charge in [0.15, 0.2) is 0 Å². The molecule has 1 atom stereocenters. The fourth-order valence-electron chi connectivity index (χ4n) is 1.80. The number of para-hydroxylation sites is 2. The molecule has 108 valence electrons. The summed E-state index contributed by atoms with van der Waals surface area (Å²) in [6, 6.07) is 5.57. The van der Waals surface area contributed by atoms with Crippen LogP contribution >= 0.6 is 0 Å². The van der Waals surface area contributed by atoms with Gasteiger partial charge in [-0.25, -0.2) is 4.79 Å². The van der Waals surface area contributed by atoms with E-state index < -0.39 is 28.8 Å². The van der Waals surface area contributed by atoms with Crippen molar-refractivity contribution in [2.75, 3.05) is 11.9 Å². The average Bonchev–Trinajstić information content (AvgIpc) is 2.36. The van der Waals surface area contributed by atoms with E-state index in [0.717, 1.165) is 4.90 Å². The van der Waals surface area contributed by atoms with Crippen molar-refractivity contribution in [3.05, 3.63) is 34.4 Å². The van der Waals surface area contributed by atoms with Gasteiger partial charge in [0.2, 0.25) is 0 Å². The van der Waals surface area contributed by atoms with E-state index in [1.165, 1.54) is 38.2 Å². The lowest BCUT2D eigenvalue weighted by Gasteiger charge is -2.35. The van der Waals surface area contributed by atoms with Gasteiger partial charge in [0.05, 0.1) is 11.3 Å². The lowest BCUT2D eigenvalue weighted by molar-refractivity contribution is -0.384. The van der Waals surface area contributed by atoms with Gasteiger partial charge in [-0.15, -0.1) is 0 Å². The zero-order valence-corrected chi connectivity index (χ0v) is 10.9. The number of nitro groups is 1.